The quantitative estimate of drug-likeness (QED) is 0.391. The molecule has 74 valence electrons. The predicted molar refractivity (Wildman–Crippen MR) is 58.9 cm³/mol. The lowest BCUT2D eigenvalue weighted by Gasteiger charge is -2.10. The van der Waals surface area contributed by atoms with E-state index in [1.807, 2.05) is 26.8 Å². The fourth-order valence-electron chi connectivity index (χ4n) is 0.933. The molecule has 0 aliphatic rings. The van der Waals surface area contributed by atoms with Gasteiger partial charge in [0.25, 0.3) is 0 Å². The van der Waals surface area contributed by atoms with E-state index in [9.17, 15) is 0 Å². The van der Waals surface area contributed by atoms with Crippen molar-refractivity contribution in [3.8, 4) is 0 Å². The summed E-state index contributed by atoms with van der Waals surface area (Å²) in [7, 11) is 0. The highest BCUT2D eigenvalue weighted by molar-refractivity contribution is 5.95. The Hall–Kier alpha value is -1.05. The van der Waals surface area contributed by atoms with Crippen LogP contribution in [0, 0.1) is 11.3 Å². The minimum absolute atomic E-state index is 0.176. The van der Waals surface area contributed by atoms with Crippen LogP contribution in [0.4, 0.5) is 0 Å². The molecule has 3 N–H and O–H groups in total. The summed E-state index contributed by atoms with van der Waals surface area (Å²) in [6, 6.07) is 0. The zero-order valence-corrected chi connectivity index (χ0v) is 9.23. The van der Waals surface area contributed by atoms with Crippen LogP contribution in [0.2, 0.25) is 0 Å². The molecule has 2 heteroatoms. The molecule has 0 aliphatic carbocycles. The lowest BCUT2D eigenvalue weighted by Crippen LogP contribution is -2.17. The van der Waals surface area contributed by atoms with Crippen molar-refractivity contribution in [1.82, 2.24) is 0 Å². The van der Waals surface area contributed by atoms with Crippen LogP contribution in [0.5, 0.6) is 0 Å². The van der Waals surface area contributed by atoms with Gasteiger partial charge in [-0.3, -0.25) is 5.41 Å². The van der Waals surface area contributed by atoms with E-state index in [0.717, 1.165) is 5.57 Å². The predicted octanol–water partition coefficient (Wildman–Crippen LogP) is 2.86. The lowest BCUT2D eigenvalue weighted by atomic mass is 9.98. The molecular formula is C11H20N2. The third-order valence-electron chi connectivity index (χ3n) is 2.09. The van der Waals surface area contributed by atoms with Crippen molar-refractivity contribution < 1.29 is 0 Å². The van der Waals surface area contributed by atoms with E-state index in [4.69, 9.17) is 11.1 Å². The Labute approximate surface area is 81.0 Å². The summed E-state index contributed by atoms with van der Waals surface area (Å²) in [6.07, 6.45) is 2.00. The minimum Gasteiger partial charge on any atom is -0.384 e. The molecule has 13 heavy (non-hydrogen) atoms. The first kappa shape index (κ1) is 11.9. The van der Waals surface area contributed by atoms with Crippen molar-refractivity contribution in [2.75, 3.05) is 0 Å². The molecule has 0 aromatic heterocycles. The van der Waals surface area contributed by atoms with Crippen LogP contribution in [-0.2, 0) is 0 Å². The van der Waals surface area contributed by atoms with Gasteiger partial charge >= 0.3 is 0 Å². The van der Waals surface area contributed by atoms with Crippen LogP contribution in [0.25, 0.3) is 0 Å². The molecule has 0 rings (SSSR count). The Morgan fingerprint density at radius 1 is 1.23 bits per heavy atom. The van der Waals surface area contributed by atoms with Gasteiger partial charge in [-0.25, -0.2) is 0 Å². The number of amidine groups is 1. The van der Waals surface area contributed by atoms with Crippen LogP contribution in [0.15, 0.2) is 22.8 Å². The minimum atomic E-state index is 0.176. The highest BCUT2D eigenvalue weighted by Crippen LogP contribution is 2.14. The third-order valence-corrected chi connectivity index (χ3v) is 2.09. The molecule has 0 saturated heterocycles. The van der Waals surface area contributed by atoms with Gasteiger partial charge in [0.1, 0.15) is 5.84 Å². The number of hydrogen-bond acceptors (Lipinski definition) is 1. The Morgan fingerprint density at radius 3 is 1.92 bits per heavy atom. The third kappa shape index (κ3) is 3.92. The molecule has 0 atom stereocenters. The molecule has 0 radical (unpaired) electrons. The Kier molecular flexibility index (Phi) is 4.46. The van der Waals surface area contributed by atoms with E-state index in [2.05, 4.69) is 13.8 Å². The fourth-order valence-corrected chi connectivity index (χ4v) is 0.933. The van der Waals surface area contributed by atoms with Crippen molar-refractivity contribution in [3.63, 3.8) is 0 Å². The first-order valence-electron chi connectivity index (χ1n) is 4.56. The van der Waals surface area contributed by atoms with Gasteiger partial charge in [-0.15, -0.1) is 0 Å². The van der Waals surface area contributed by atoms with Crippen molar-refractivity contribution in [1.29, 1.82) is 5.41 Å². The highest BCUT2D eigenvalue weighted by Gasteiger charge is 2.06. The van der Waals surface area contributed by atoms with E-state index < -0.39 is 0 Å². The van der Waals surface area contributed by atoms with Gasteiger partial charge in [-0.2, -0.15) is 0 Å². The van der Waals surface area contributed by atoms with Gasteiger partial charge in [-0.1, -0.05) is 31.1 Å². The van der Waals surface area contributed by atoms with Gasteiger partial charge in [0, 0.05) is 0 Å². The van der Waals surface area contributed by atoms with E-state index in [0.29, 0.717) is 5.92 Å². The molecule has 0 amide bonds. The molecular weight excluding hydrogens is 160 g/mol. The maximum absolute atomic E-state index is 7.40. The van der Waals surface area contributed by atoms with Crippen LogP contribution in [-0.4, -0.2) is 5.84 Å². The number of nitrogens with two attached hydrogens (primary N) is 1. The molecule has 0 spiro atoms. The molecule has 0 aromatic carbocycles. The first-order valence-corrected chi connectivity index (χ1v) is 4.56. The smallest absolute Gasteiger partial charge is 0.118 e. The highest BCUT2D eigenvalue weighted by atomic mass is 14.7. The van der Waals surface area contributed by atoms with E-state index in [1.54, 1.807) is 0 Å². The van der Waals surface area contributed by atoms with Gasteiger partial charge < -0.3 is 5.73 Å². The SMILES string of the molecule is CC(C)=C(C)/C=C(/C(=N)N)C(C)C. The van der Waals surface area contributed by atoms with Gasteiger partial charge in [0.05, 0.1) is 0 Å². The van der Waals surface area contributed by atoms with Gasteiger partial charge in [0.2, 0.25) is 0 Å². The molecule has 0 bridgehead atoms. The summed E-state index contributed by atoms with van der Waals surface area (Å²) in [4.78, 5) is 0. The summed E-state index contributed by atoms with van der Waals surface area (Å²) in [5.41, 5.74) is 8.85. The first-order chi connectivity index (χ1) is 5.86. The van der Waals surface area contributed by atoms with Crippen molar-refractivity contribution in [2.24, 2.45) is 11.7 Å². The maximum atomic E-state index is 7.40. The molecule has 0 heterocycles. The summed E-state index contributed by atoms with van der Waals surface area (Å²) in [5, 5.41) is 7.40. The molecule has 0 saturated carbocycles. The number of hydrogen-bond donors (Lipinski definition) is 2. The Bertz CT molecular complexity index is 253. The Morgan fingerprint density at radius 2 is 1.69 bits per heavy atom. The number of rotatable bonds is 3. The van der Waals surface area contributed by atoms with E-state index >= 15 is 0 Å². The van der Waals surface area contributed by atoms with Crippen LogP contribution in [0.1, 0.15) is 34.6 Å². The Balaban J connectivity index is 4.97. The van der Waals surface area contributed by atoms with Gasteiger partial charge in [-0.05, 0) is 32.3 Å². The van der Waals surface area contributed by atoms with Crippen molar-refractivity contribution in [3.05, 3.63) is 22.8 Å². The largest absolute Gasteiger partial charge is 0.384 e. The normalized spacial score (nSPS) is 11.7. The van der Waals surface area contributed by atoms with E-state index in [1.165, 1.54) is 11.1 Å². The summed E-state index contributed by atoms with van der Waals surface area (Å²) in [5.74, 6) is 0.488. The molecule has 0 fully saturated rings. The maximum Gasteiger partial charge on any atom is 0.118 e. The van der Waals surface area contributed by atoms with Gasteiger partial charge in [0.15, 0.2) is 0 Å². The molecule has 0 aromatic rings. The summed E-state index contributed by atoms with van der Waals surface area (Å²) < 4.78 is 0. The average molecular weight is 180 g/mol. The lowest BCUT2D eigenvalue weighted by molar-refractivity contribution is 0.798. The topological polar surface area (TPSA) is 49.9 Å². The van der Waals surface area contributed by atoms with Crippen molar-refractivity contribution >= 4 is 5.84 Å². The second-order valence-electron chi connectivity index (χ2n) is 3.85. The number of nitrogens with one attached hydrogen (secondary N) is 1. The second kappa shape index (κ2) is 4.85. The fraction of sp³-hybridized carbons (Fsp3) is 0.545. The standard InChI is InChI=1S/C11H20N2/c1-7(2)9(5)6-10(8(3)4)11(12)13/h6,8H,1-5H3,(H3,12,13)/b10-6+. The number of allylic oxidation sites excluding steroid dienone is 3. The summed E-state index contributed by atoms with van der Waals surface area (Å²) >= 11 is 0. The zero-order valence-electron chi connectivity index (χ0n) is 9.23. The molecule has 2 nitrogen and oxygen atoms in total. The summed E-state index contributed by atoms with van der Waals surface area (Å²) in [6.45, 7) is 10.3. The molecule has 0 unspecified atom stereocenters. The van der Waals surface area contributed by atoms with Crippen LogP contribution < -0.4 is 5.73 Å². The monoisotopic (exact) mass is 180 g/mol. The second-order valence-corrected chi connectivity index (χ2v) is 3.85. The zero-order chi connectivity index (χ0) is 10.6. The average Bonchev–Trinajstić information content (AvgIpc) is 1.97. The molecule has 0 aliphatic heterocycles. The van der Waals surface area contributed by atoms with Crippen LogP contribution >= 0.6 is 0 Å². The van der Waals surface area contributed by atoms with E-state index in [-0.39, 0.29) is 5.84 Å². The van der Waals surface area contributed by atoms with Crippen molar-refractivity contribution in [2.45, 2.75) is 34.6 Å². The van der Waals surface area contributed by atoms with Crippen LogP contribution in [0.3, 0.4) is 0 Å².